The molecule has 22 rings (SSSR count). The van der Waals surface area contributed by atoms with Crippen molar-refractivity contribution in [2.45, 2.75) is 62.3 Å². The van der Waals surface area contributed by atoms with E-state index in [1.807, 2.05) is 110 Å². The van der Waals surface area contributed by atoms with E-state index in [0.717, 1.165) is 118 Å². The molecular weight excluding hydrogens is 1730 g/mol. The summed E-state index contributed by atoms with van der Waals surface area (Å²) in [5.41, 5.74) is 43.6. The summed E-state index contributed by atoms with van der Waals surface area (Å²) in [6, 6.07) is 156. The molecule has 0 aliphatic rings. The van der Waals surface area contributed by atoms with E-state index < -0.39 is 0 Å². The fourth-order valence-corrected chi connectivity index (χ4v) is 18.9. The van der Waals surface area contributed by atoms with Crippen LogP contribution in [0, 0.1) is 62.3 Å². The second-order valence-electron chi connectivity index (χ2n) is 36.5. The quantitative estimate of drug-likeness (QED) is 0.0753. The highest BCUT2D eigenvalue weighted by Crippen LogP contribution is 2.50. The van der Waals surface area contributed by atoms with Gasteiger partial charge in [-0.25, -0.2) is 0 Å². The lowest BCUT2D eigenvalue weighted by Crippen LogP contribution is -1.93. The van der Waals surface area contributed by atoms with Crippen molar-refractivity contribution in [3.63, 3.8) is 0 Å². The van der Waals surface area contributed by atoms with Crippen LogP contribution in [0.2, 0.25) is 0 Å². The summed E-state index contributed by atoms with van der Waals surface area (Å²) in [6.07, 6.45) is 14.6. The van der Waals surface area contributed by atoms with Gasteiger partial charge >= 0.3 is 0 Å². The Hall–Kier alpha value is -18.0. The third-order valence-corrected chi connectivity index (χ3v) is 25.7. The average molecular weight is 1840 g/mol. The minimum atomic E-state index is 0.819. The van der Waals surface area contributed by atoms with E-state index >= 15 is 0 Å². The van der Waals surface area contributed by atoms with Crippen molar-refractivity contribution in [1.29, 1.82) is 0 Å². The molecule has 18 aromatic carbocycles. The van der Waals surface area contributed by atoms with Crippen LogP contribution in [0.15, 0.2) is 488 Å². The molecule has 0 N–H and O–H groups in total. The van der Waals surface area contributed by atoms with E-state index in [-0.39, 0.29) is 0 Å². The molecule has 0 aliphatic carbocycles. The van der Waals surface area contributed by atoms with Gasteiger partial charge in [-0.3, -0.25) is 39.9 Å². The maximum absolute atomic E-state index is 5.19. The van der Waals surface area contributed by atoms with Crippen molar-refractivity contribution < 1.29 is 0 Å². The van der Waals surface area contributed by atoms with Crippen LogP contribution in [-0.2, 0) is 0 Å². The molecule has 0 fully saturated rings. The van der Waals surface area contributed by atoms with Gasteiger partial charge in [-0.15, -0.1) is 0 Å². The van der Waals surface area contributed by atoms with Crippen LogP contribution in [0.25, 0.3) is 155 Å². The Balaban J connectivity index is 0.000000123. The summed E-state index contributed by atoms with van der Waals surface area (Å²) in [5, 5.41) is 7.30. The number of aliphatic imine (C=N–C) groups is 4. The van der Waals surface area contributed by atoms with E-state index in [9.17, 15) is 0 Å². The SMILES string of the molecule is C(=Nc1c(-c2ccc3ccccc3c2)cc(-c2ccc3ccccc3c2)cc1-c1ccc2ccccc2c1)c1ccccn1.C(=Nc1c(-c2ccccc2)cccc1-c1ccccc1)c1ccccn1.Cc1cc(C)cc(-c2cc(-c3cc(C)cc(C)c3)c(N=Cc3ccccn3)c(-c3cc(C)cc(C)c3)c2)c1.Cc1ccccc1-c1cc(-c2ccccc2C)c(N=Cc2ccccn2)c(-c2ccccc2C)c1. The summed E-state index contributed by atoms with van der Waals surface area (Å²) in [4.78, 5) is 38.1. The molecule has 8 nitrogen and oxygen atoms in total. The van der Waals surface area contributed by atoms with Gasteiger partial charge in [0, 0.05) is 69.3 Å². The van der Waals surface area contributed by atoms with Crippen LogP contribution in [0.4, 0.5) is 22.7 Å². The molecule has 0 aliphatic heterocycles. The standard InChI is InChI=1S/C42H28N2.C36H34N2.C33H28N2.C24H18N2/c1-4-12-32-23-35(19-16-29(32)9-1)38-26-40(36-20-17-30-10-2-5-13-33(30)24-36)42(44-28-39-15-7-8-22-43-39)41(27-38)37-21-18-31-11-3-6-14-34(31)25-37;1-23-11-24(2)15-29(14-23)30-20-34(31-16-25(3)12-26(4)17-31)36(38-22-33-9-7-8-10-37-33)35(21-30)32-18-27(5)13-28(6)19-32;1-23-12-4-7-16-28(23)26-20-31(29-17-8-5-13-24(29)2)33(35-22-27-15-10-11-19-34-27)32(21-26)30-18-9-6-14-25(30)3;1-3-10-19(11-4-1)22-15-9-16-23(20-12-5-2-6-13-20)24(22)26-18-21-14-7-8-17-25-21/h1-28H;7-22H,1-6H3;4-22H,1-3H3;1-18H. The third-order valence-electron chi connectivity index (χ3n) is 25.7. The van der Waals surface area contributed by atoms with E-state index in [1.54, 1.807) is 24.8 Å². The van der Waals surface area contributed by atoms with Gasteiger partial charge in [0.1, 0.15) is 0 Å². The molecule has 0 saturated carbocycles. The van der Waals surface area contributed by atoms with Gasteiger partial charge in [0.2, 0.25) is 0 Å². The van der Waals surface area contributed by atoms with Crippen molar-refractivity contribution >= 4 is 79.9 Å². The monoisotopic (exact) mass is 1840 g/mol. The summed E-state index contributed by atoms with van der Waals surface area (Å²) >= 11 is 0. The lowest BCUT2D eigenvalue weighted by Gasteiger charge is -2.18. The van der Waals surface area contributed by atoms with Crippen molar-refractivity contribution in [2.24, 2.45) is 20.0 Å². The number of nitrogens with zero attached hydrogens (tertiary/aromatic N) is 8. The molecule has 4 aromatic heterocycles. The number of hydrogen-bond acceptors (Lipinski definition) is 8. The Kier molecular flexibility index (Phi) is 29.1. The number of benzene rings is 18. The fourth-order valence-electron chi connectivity index (χ4n) is 18.9. The Bertz CT molecular complexity index is 8100. The van der Waals surface area contributed by atoms with E-state index in [2.05, 4.69) is 440 Å². The first-order valence-corrected chi connectivity index (χ1v) is 48.6. The average Bonchev–Trinajstić information content (AvgIpc) is 0.779. The minimum absolute atomic E-state index is 0.819. The molecule has 0 unspecified atom stereocenters. The van der Waals surface area contributed by atoms with Gasteiger partial charge in [-0.05, 0) is 292 Å². The molecule has 4 heterocycles. The normalized spacial score (nSPS) is 11.3. The van der Waals surface area contributed by atoms with Crippen LogP contribution in [0.5, 0.6) is 0 Å². The van der Waals surface area contributed by atoms with Crippen molar-refractivity contribution in [3.05, 3.63) is 540 Å². The first-order chi connectivity index (χ1) is 70.1. The van der Waals surface area contributed by atoms with Crippen LogP contribution in [0.3, 0.4) is 0 Å². The molecule has 0 saturated heterocycles. The van der Waals surface area contributed by atoms with Crippen LogP contribution in [-0.4, -0.2) is 44.8 Å². The van der Waals surface area contributed by atoms with Crippen LogP contribution < -0.4 is 0 Å². The summed E-state index contributed by atoms with van der Waals surface area (Å²) in [7, 11) is 0. The fraction of sp³-hybridized carbons (Fsp3) is 0.0667. The maximum atomic E-state index is 5.19. The smallest absolute Gasteiger partial charge is 0.0812 e. The molecule has 0 amide bonds. The van der Waals surface area contributed by atoms with Crippen molar-refractivity contribution in [3.8, 4) is 122 Å². The number of pyridine rings is 4. The minimum Gasteiger partial charge on any atom is -0.255 e. The molecular formula is C135H108N8. The van der Waals surface area contributed by atoms with Gasteiger partial charge in [0.25, 0.3) is 0 Å². The number of fused-ring (bicyclic) bond motifs is 3. The Morgan fingerprint density at radius 2 is 0.392 bits per heavy atom. The topological polar surface area (TPSA) is 101 Å². The third kappa shape index (κ3) is 22.7. The highest BCUT2D eigenvalue weighted by Gasteiger charge is 2.23. The van der Waals surface area contributed by atoms with Crippen molar-refractivity contribution in [1.82, 2.24) is 19.9 Å². The Labute approximate surface area is 839 Å². The number of aryl methyl sites for hydroxylation is 9. The Morgan fingerprint density at radius 3 is 0.734 bits per heavy atom. The van der Waals surface area contributed by atoms with Gasteiger partial charge in [-0.2, -0.15) is 0 Å². The molecule has 0 bridgehead atoms. The largest absolute Gasteiger partial charge is 0.255 e. The lowest BCUT2D eigenvalue weighted by atomic mass is 9.87. The van der Waals surface area contributed by atoms with Crippen LogP contribution in [0.1, 0.15) is 72.8 Å². The first-order valence-electron chi connectivity index (χ1n) is 48.6. The predicted octanol–water partition coefficient (Wildman–Crippen LogP) is 35.9. The number of hydrogen-bond donors (Lipinski definition) is 0. The van der Waals surface area contributed by atoms with Gasteiger partial charge in [0.05, 0.1) is 70.4 Å². The predicted molar refractivity (Wildman–Crippen MR) is 607 cm³/mol. The molecule has 0 spiro atoms. The van der Waals surface area contributed by atoms with Gasteiger partial charge in [0.15, 0.2) is 0 Å². The van der Waals surface area contributed by atoms with Crippen LogP contribution >= 0.6 is 0 Å². The zero-order chi connectivity index (χ0) is 97.9. The van der Waals surface area contributed by atoms with E-state index in [1.165, 1.54) is 132 Å². The number of para-hydroxylation sites is 1. The van der Waals surface area contributed by atoms with Gasteiger partial charge < -0.3 is 0 Å². The molecule has 688 valence electrons. The molecule has 22 aromatic rings. The summed E-state index contributed by atoms with van der Waals surface area (Å²) in [5.74, 6) is 0. The molecule has 143 heavy (non-hydrogen) atoms. The van der Waals surface area contributed by atoms with E-state index in [0.29, 0.717) is 0 Å². The first kappa shape index (κ1) is 94.0. The highest BCUT2D eigenvalue weighted by molar-refractivity contribution is 6.04. The van der Waals surface area contributed by atoms with E-state index in [4.69, 9.17) is 20.0 Å². The second kappa shape index (κ2) is 44.2. The molecule has 8 heteroatoms. The molecule has 0 radical (unpaired) electrons. The zero-order valence-corrected chi connectivity index (χ0v) is 81.8. The zero-order valence-electron chi connectivity index (χ0n) is 81.8. The maximum Gasteiger partial charge on any atom is 0.0812 e. The lowest BCUT2D eigenvalue weighted by molar-refractivity contribution is 1.30. The van der Waals surface area contributed by atoms with Gasteiger partial charge in [-0.1, -0.05) is 373 Å². The summed E-state index contributed by atoms with van der Waals surface area (Å²) in [6.45, 7) is 19.5. The van der Waals surface area contributed by atoms with Crippen molar-refractivity contribution in [2.75, 3.05) is 0 Å². The summed E-state index contributed by atoms with van der Waals surface area (Å²) < 4.78 is 0. The molecule has 0 atom stereocenters. The number of rotatable bonds is 19. The second-order valence-corrected chi connectivity index (χ2v) is 36.5. The number of aromatic nitrogens is 4. The Morgan fingerprint density at radius 1 is 0.147 bits per heavy atom. The highest BCUT2D eigenvalue weighted by atomic mass is 14.8.